The molecule has 13 heavy (non-hydrogen) atoms. The lowest BCUT2D eigenvalue weighted by atomic mass is 10.3. The van der Waals surface area contributed by atoms with Gasteiger partial charge in [0.15, 0.2) is 0 Å². The average molecular weight is 184 g/mol. The minimum Gasteiger partial charge on any atom is -0.338 e. The molecule has 0 atom stereocenters. The highest BCUT2D eigenvalue weighted by Gasteiger charge is 2.08. The van der Waals surface area contributed by atoms with Crippen LogP contribution in [-0.2, 0) is 4.79 Å². The molecular weight excluding hydrogens is 164 g/mol. The predicted molar refractivity (Wildman–Crippen MR) is 55.6 cm³/mol. The van der Waals surface area contributed by atoms with Crippen LogP contribution in [-0.4, -0.2) is 37.0 Å². The molecule has 0 spiro atoms. The first kappa shape index (κ1) is 12.2. The number of hydrogen-bond donors (Lipinski definition) is 1. The minimum atomic E-state index is 0.156. The lowest BCUT2D eigenvalue weighted by molar-refractivity contribution is -0.129. The number of likely N-dealkylation sites (N-methyl/N-ethyl adjacent to an activating group) is 1. The van der Waals surface area contributed by atoms with Crippen LogP contribution >= 0.6 is 0 Å². The van der Waals surface area contributed by atoms with Crippen LogP contribution in [0.5, 0.6) is 0 Å². The van der Waals surface area contributed by atoms with Crippen LogP contribution in [0.2, 0.25) is 0 Å². The van der Waals surface area contributed by atoms with E-state index >= 15 is 0 Å². The Balaban J connectivity index is 3.87. The quantitative estimate of drug-likeness (QED) is 0.599. The number of nitrogens with zero attached hydrogens (tertiary/aromatic N) is 1. The minimum absolute atomic E-state index is 0.156. The van der Waals surface area contributed by atoms with Crippen LogP contribution in [0.3, 0.4) is 0 Å². The molecule has 0 rings (SSSR count). The summed E-state index contributed by atoms with van der Waals surface area (Å²) in [5.74, 6) is 0.156. The highest BCUT2D eigenvalue weighted by Crippen LogP contribution is 1.92. The average Bonchev–Trinajstić information content (AvgIpc) is 2.14. The summed E-state index contributed by atoms with van der Waals surface area (Å²) in [6.45, 7) is 10.4. The zero-order chi connectivity index (χ0) is 10.1. The molecular formula is C10H20N2O. The molecule has 0 aliphatic carbocycles. The van der Waals surface area contributed by atoms with E-state index in [-0.39, 0.29) is 5.91 Å². The van der Waals surface area contributed by atoms with Crippen molar-refractivity contribution >= 4 is 5.91 Å². The van der Waals surface area contributed by atoms with Gasteiger partial charge in [-0.25, -0.2) is 0 Å². The third kappa shape index (κ3) is 5.42. The summed E-state index contributed by atoms with van der Waals surface area (Å²) in [5.41, 5.74) is 0. The van der Waals surface area contributed by atoms with Crippen molar-refractivity contribution in [3.8, 4) is 0 Å². The zero-order valence-electron chi connectivity index (χ0n) is 8.68. The van der Waals surface area contributed by atoms with Crippen LogP contribution in [0.15, 0.2) is 12.7 Å². The number of rotatable bonds is 7. The first-order valence-corrected chi connectivity index (χ1v) is 4.85. The Bertz CT molecular complexity index is 157. The van der Waals surface area contributed by atoms with Gasteiger partial charge in [0.2, 0.25) is 5.91 Å². The van der Waals surface area contributed by atoms with Gasteiger partial charge in [-0.15, -0.1) is 6.58 Å². The SMILES string of the molecule is C=CCN(CCC)C(=O)CNCC. The second-order valence-electron chi connectivity index (χ2n) is 2.91. The fraction of sp³-hybridized carbons (Fsp3) is 0.700. The monoisotopic (exact) mass is 184 g/mol. The van der Waals surface area contributed by atoms with E-state index in [4.69, 9.17) is 0 Å². The third-order valence-electron chi connectivity index (χ3n) is 1.72. The van der Waals surface area contributed by atoms with Gasteiger partial charge in [0.1, 0.15) is 0 Å². The van der Waals surface area contributed by atoms with Gasteiger partial charge in [-0.2, -0.15) is 0 Å². The van der Waals surface area contributed by atoms with Crippen LogP contribution in [0, 0.1) is 0 Å². The fourth-order valence-electron chi connectivity index (χ4n) is 1.09. The Kier molecular flexibility index (Phi) is 7.30. The second kappa shape index (κ2) is 7.80. The van der Waals surface area contributed by atoms with Gasteiger partial charge in [0.05, 0.1) is 6.54 Å². The zero-order valence-corrected chi connectivity index (χ0v) is 8.68. The summed E-state index contributed by atoms with van der Waals surface area (Å²) >= 11 is 0. The largest absolute Gasteiger partial charge is 0.338 e. The summed E-state index contributed by atoms with van der Waals surface area (Å²) in [6, 6.07) is 0. The summed E-state index contributed by atoms with van der Waals surface area (Å²) in [6.07, 6.45) is 2.76. The maximum absolute atomic E-state index is 11.5. The molecule has 0 radical (unpaired) electrons. The molecule has 76 valence electrons. The molecule has 0 aliphatic heterocycles. The molecule has 3 heteroatoms. The maximum atomic E-state index is 11.5. The Morgan fingerprint density at radius 3 is 2.69 bits per heavy atom. The summed E-state index contributed by atoms with van der Waals surface area (Å²) in [7, 11) is 0. The predicted octanol–water partition coefficient (Wildman–Crippen LogP) is 1.02. The molecule has 1 N–H and O–H groups in total. The van der Waals surface area contributed by atoms with Crippen molar-refractivity contribution in [1.82, 2.24) is 10.2 Å². The van der Waals surface area contributed by atoms with Crippen molar-refractivity contribution in [2.75, 3.05) is 26.2 Å². The van der Waals surface area contributed by atoms with Crippen molar-refractivity contribution in [2.45, 2.75) is 20.3 Å². The number of hydrogen-bond acceptors (Lipinski definition) is 2. The third-order valence-corrected chi connectivity index (χ3v) is 1.72. The van der Waals surface area contributed by atoms with Gasteiger partial charge >= 0.3 is 0 Å². The standard InChI is InChI=1S/C10H20N2O/c1-4-7-12(8-5-2)10(13)9-11-6-3/h4,11H,1,5-9H2,2-3H3. The molecule has 0 fully saturated rings. The second-order valence-corrected chi connectivity index (χ2v) is 2.91. The van der Waals surface area contributed by atoms with E-state index < -0.39 is 0 Å². The van der Waals surface area contributed by atoms with Gasteiger partial charge < -0.3 is 10.2 Å². The van der Waals surface area contributed by atoms with Crippen LogP contribution < -0.4 is 5.32 Å². The number of carbonyl (C=O) groups is 1. The van der Waals surface area contributed by atoms with Crippen molar-refractivity contribution in [3.05, 3.63) is 12.7 Å². The molecule has 0 aromatic carbocycles. The maximum Gasteiger partial charge on any atom is 0.236 e. The van der Waals surface area contributed by atoms with E-state index in [0.29, 0.717) is 13.1 Å². The van der Waals surface area contributed by atoms with Crippen molar-refractivity contribution in [3.63, 3.8) is 0 Å². The van der Waals surface area contributed by atoms with Crippen molar-refractivity contribution in [2.24, 2.45) is 0 Å². The number of amides is 1. The van der Waals surface area contributed by atoms with Crippen molar-refractivity contribution < 1.29 is 4.79 Å². The highest BCUT2D eigenvalue weighted by molar-refractivity contribution is 5.78. The molecule has 0 saturated carbocycles. The van der Waals surface area contributed by atoms with Gasteiger partial charge in [-0.1, -0.05) is 19.9 Å². The van der Waals surface area contributed by atoms with E-state index in [1.54, 1.807) is 6.08 Å². The molecule has 0 saturated heterocycles. The summed E-state index contributed by atoms with van der Waals surface area (Å²) in [5, 5.41) is 3.02. The Morgan fingerprint density at radius 2 is 2.23 bits per heavy atom. The van der Waals surface area contributed by atoms with Crippen LogP contribution in [0.25, 0.3) is 0 Å². The van der Waals surface area contributed by atoms with Crippen molar-refractivity contribution in [1.29, 1.82) is 0 Å². The lowest BCUT2D eigenvalue weighted by Gasteiger charge is -2.20. The summed E-state index contributed by atoms with van der Waals surface area (Å²) < 4.78 is 0. The summed E-state index contributed by atoms with van der Waals surface area (Å²) in [4.78, 5) is 13.3. The lowest BCUT2D eigenvalue weighted by Crippen LogP contribution is -2.38. The Morgan fingerprint density at radius 1 is 1.54 bits per heavy atom. The molecule has 0 aromatic heterocycles. The molecule has 0 unspecified atom stereocenters. The molecule has 0 bridgehead atoms. The normalized spacial score (nSPS) is 9.69. The topological polar surface area (TPSA) is 32.3 Å². The fourth-order valence-corrected chi connectivity index (χ4v) is 1.09. The van der Waals surface area contributed by atoms with E-state index in [2.05, 4.69) is 18.8 Å². The van der Waals surface area contributed by atoms with Gasteiger partial charge in [0.25, 0.3) is 0 Å². The first-order chi connectivity index (χ1) is 6.26. The van der Waals surface area contributed by atoms with Crippen LogP contribution in [0.4, 0.5) is 0 Å². The Labute approximate surface area is 80.8 Å². The number of carbonyl (C=O) groups excluding carboxylic acids is 1. The molecule has 0 aliphatic rings. The van der Waals surface area contributed by atoms with E-state index in [1.807, 2.05) is 11.8 Å². The van der Waals surface area contributed by atoms with Gasteiger partial charge in [0, 0.05) is 13.1 Å². The van der Waals surface area contributed by atoms with E-state index in [9.17, 15) is 4.79 Å². The molecule has 0 heterocycles. The van der Waals surface area contributed by atoms with E-state index in [1.165, 1.54) is 0 Å². The number of nitrogens with one attached hydrogen (secondary N) is 1. The van der Waals surface area contributed by atoms with Gasteiger partial charge in [-0.3, -0.25) is 4.79 Å². The Hall–Kier alpha value is -0.830. The smallest absolute Gasteiger partial charge is 0.236 e. The molecule has 3 nitrogen and oxygen atoms in total. The highest BCUT2D eigenvalue weighted by atomic mass is 16.2. The van der Waals surface area contributed by atoms with Crippen LogP contribution in [0.1, 0.15) is 20.3 Å². The van der Waals surface area contributed by atoms with Gasteiger partial charge in [-0.05, 0) is 13.0 Å². The molecule has 0 aromatic rings. The first-order valence-electron chi connectivity index (χ1n) is 4.85. The molecule has 1 amide bonds. The van der Waals surface area contributed by atoms with E-state index in [0.717, 1.165) is 19.5 Å².